The van der Waals surface area contributed by atoms with Crippen LogP contribution in [0.25, 0.3) is 22.6 Å². The van der Waals surface area contributed by atoms with E-state index < -0.39 is 0 Å². The Labute approximate surface area is 167 Å². The minimum atomic E-state index is 0.440. The second-order valence-electron chi connectivity index (χ2n) is 7.04. The van der Waals surface area contributed by atoms with Crippen LogP contribution in [0.3, 0.4) is 0 Å². The van der Waals surface area contributed by atoms with Gasteiger partial charge in [-0.3, -0.25) is 0 Å². The van der Waals surface area contributed by atoms with Crippen molar-refractivity contribution in [3.05, 3.63) is 65.2 Å². The molecule has 1 N–H and O–H groups in total. The van der Waals surface area contributed by atoms with Crippen LogP contribution in [0.4, 0.5) is 5.82 Å². The normalized spacial score (nSPS) is 14.2. The van der Waals surface area contributed by atoms with Crippen molar-refractivity contribution in [2.75, 3.05) is 5.32 Å². The lowest BCUT2D eigenvalue weighted by Crippen LogP contribution is -2.27. The van der Waals surface area contributed by atoms with Crippen LogP contribution in [0.5, 0.6) is 0 Å². The Kier molecular flexibility index (Phi) is 4.41. The topological polar surface area (TPSA) is 68.5 Å². The maximum Gasteiger partial charge on any atom is 0.184 e. The summed E-state index contributed by atoms with van der Waals surface area (Å²) in [5, 5.41) is 12.9. The standard InChI is InChI=1S/C21H19ClN6/c22-17-12-5-4-9-15(17)13-28-21-18(26-27-28)20(23-16-10-6-11-16)24-19(25-21)14-7-2-1-3-8-14/h1-5,7-9,12,16H,6,10-11,13H2,(H,23,24,25). The van der Waals surface area contributed by atoms with Crippen LogP contribution in [-0.4, -0.2) is 31.0 Å². The summed E-state index contributed by atoms with van der Waals surface area (Å²) in [5.41, 5.74) is 3.34. The van der Waals surface area contributed by atoms with Gasteiger partial charge in [0.05, 0.1) is 6.54 Å². The Hall–Kier alpha value is -2.99. The molecule has 1 fully saturated rings. The van der Waals surface area contributed by atoms with Crippen molar-refractivity contribution in [3.63, 3.8) is 0 Å². The van der Waals surface area contributed by atoms with Gasteiger partial charge in [0, 0.05) is 16.6 Å². The zero-order valence-electron chi connectivity index (χ0n) is 15.2. The van der Waals surface area contributed by atoms with E-state index in [0.717, 1.165) is 29.8 Å². The van der Waals surface area contributed by atoms with E-state index in [0.29, 0.717) is 34.6 Å². The molecule has 140 valence electrons. The highest BCUT2D eigenvalue weighted by molar-refractivity contribution is 6.31. The fourth-order valence-corrected chi connectivity index (χ4v) is 3.51. The van der Waals surface area contributed by atoms with E-state index in [1.54, 1.807) is 4.68 Å². The first-order valence-corrected chi connectivity index (χ1v) is 9.82. The third kappa shape index (κ3) is 3.20. The number of anilines is 1. The number of rotatable bonds is 5. The van der Waals surface area contributed by atoms with Crippen molar-refractivity contribution in [1.82, 2.24) is 25.0 Å². The minimum Gasteiger partial charge on any atom is -0.365 e. The summed E-state index contributed by atoms with van der Waals surface area (Å²) in [6.07, 6.45) is 3.55. The zero-order valence-corrected chi connectivity index (χ0v) is 16.0. The molecule has 0 aliphatic heterocycles. The zero-order chi connectivity index (χ0) is 18.9. The number of hydrogen-bond acceptors (Lipinski definition) is 5. The van der Waals surface area contributed by atoms with Gasteiger partial charge in [-0.25, -0.2) is 14.6 Å². The second kappa shape index (κ2) is 7.20. The Morgan fingerprint density at radius 3 is 2.54 bits per heavy atom. The minimum absolute atomic E-state index is 0.440. The molecule has 0 bridgehead atoms. The summed E-state index contributed by atoms with van der Waals surface area (Å²) in [7, 11) is 0. The van der Waals surface area contributed by atoms with E-state index >= 15 is 0 Å². The van der Waals surface area contributed by atoms with Crippen LogP contribution in [-0.2, 0) is 6.54 Å². The van der Waals surface area contributed by atoms with Gasteiger partial charge in [0.15, 0.2) is 22.8 Å². The molecule has 0 spiro atoms. The maximum atomic E-state index is 6.34. The average Bonchev–Trinajstić information content (AvgIpc) is 3.10. The van der Waals surface area contributed by atoms with Crippen molar-refractivity contribution in [3.8, 4) is 11.4 Å². The summed E-state index contributed by atoms with van der Waals surface area (Å²) in [4.78, 5) is 9.55. The predicted molar refractivity (Wildman–Crippen MR) is 110 cm³/mol. The molecule has 4 aromatic rings. The van der Waals surface area contributed by atoms with Gasteiger partial charge < -0.3 is 5.32 Å². The van der Waals surface area contributed by atoms with Gasteiger partial charge in [-0.2, -0.15) is 0 Å². The highest BCUT2D eigenvalue weighted by atomic mass is 35.5. The Morgan fingerprint density at radius 2 is 1.79 bits per heavy atom. The number of fused-ring (bicyclic) bond motifs is 1. The molecule has 6 nitrogen and oxygen atoms in total. The average molecular weight is 391 g/mol. The molecule has 1 saturated carbocycles. The van der Waals surface area contributed by atoms with E-state index in [2.05, 4.69) is 15.6 Å². The highest BCUT2D eigenvalue weighted by Gasteiger charge is 2.22. The summed E-state index contributed by atoms with van der Waals surface area (Å²) in [5.74, 6) is 1.41. The third-order valence-corrected chi connectivity index (χ3v) is 5.49. The lowest BCUT2D eigenvalue weighted by molar-refractivity contribution is 0.445. The van der Waals surface area contributed by atoms with Gasteiger partial charge in [0.25, 0.3) is 0 Å². The van der Waals surface area contributed by atoms with Gasteiger partial charge in [-0.05, 0) is 30.9 Å². The van der Waals surface area contributed by atoms with Crippen LogP contribution in [0, 0.1) is 0 Å². The molecule has 5 rings (SSSR count). The quantitative estimate of drug-likeness (QED) is 0.541. The molecule has 0 amide bonds. The molecule has 2 heterocycles. The summed E-state index contributed by atoms with van der Waals surface area (Å²) >= 11 is 6.34. The first-order valence-electron chi connectivity index (χ1n) is 9.44. The smallest absolute Gasteiger partial charge is 0.184 e. The molecular weight excluding hydrogens is 372 g/mol. The first-order chi connectivity index (χ1) is 13.8. The third-order valence-electron chi connectivity index (χ3n) is 5.12. The largest absolute Gasteiger partial charge is 0.365 e. The van der Waals surface area contributed by atoms with Gasteiger partial charge >= 0.3 is 0 Å². The molecule has 0 saturated heterocycles. The SMILES string of the molecule is Clc1ccccc1Cn1nnc2c(NC3CCC3)nc(-c3ccccc3)nc21. The van der Waals surface area contributed by atoms with E-state index in [9.17, 15) is 0 Å². The molecule has 2 aromatic heterocycles. The number of nitrogens with one attached hydrogen (secondary N) is 1. The molecule has 0 atom stereocenters. The number of nitrogens with zero attached hydrogens (tertiary/aromatic N) is 5. The molecule has 0 unspecified atom stereocenters. The fourth-order valence-electron chi connectivity index (χ4n) is 3.31. The van der Waals surface area contributed by atoms with E-state index in [1.807, 2.05) is 54.6 Å². The molecular formula is C21H19ClN6. The van der Waals surface area contributed by atoms with Crippen LogP contribution in [0.2, 0.25) is 5.02 Å². The van der Waals surface area contributed by atoms with Crippen molar-refractivity contribution in [2.45, 2.75) is 31.8 Å². The van der Waals surface area contributed by atoms with Gasteiger partial charge in [0.2, 0.25) is 0 Å². The lowest BCUT2D eigenvalue weighted by Gasteiger charge is -2.27. The van der Waals surface area contributed by atoms with Crippen LogP contribution in [0.1, 0.15) is 24.8 Å². The molecule has 28 heavy (non-hydrogen) atoms. The van der Waals surface area contributed by atoms with E-state index in [4.69, 9.17) is 21.6 Å². The highest BCUT2D eigenvalue weighted by Crippen LogP contribution is 2.28. The Morgan fingerprint density at radius 1 is 1.00 bits per heavy atom. The van der Waals surface area contributed by atoms with E-state index in [1.165, 1.54) is 6.42 Å². The summed E-state index contributed by atoms with van der Waals surface area (Å²) in [6.45, 7) is 0.504. The lowest BCUT2D eigenvalue weighted by atomic mass is 9.93. The van der Waals surface area contributed by atoms with Crippen molar-refractivity contribution in [1.29, 1.82) is 0 Å². The maximum absolute atomic E-state index is 6.34. The van der Waals surface area contributed by atoms with Crippen LogP contribution in [0.15, 0.2) is 54.6 Å². The number of hydrogen-bond donors (Lipinski definition) is 1. The fraction of sp³-hybridized carbons (Fsp3) is 0.238. The summed E-state index contributed by atoms with van der Waals surface area (Å²) in [6, 6.07) is 18.2. The second-order valence-corrected chi connectivity index (χ2v) is 7.45. The Balaban J connectivity index is 1.62. The number of halogens is 1. The van der Waals surface area contributed by atoms with Crippen LogP contribution < -0.4 is 5.32 Å². The van der Waals surface area contributed by atoms with Crippen molar-refractivity contribution in [2.24, 2.45) is 0 Å². The molecule has 1 aliphatic rings. The molecule has 7 heteroatoms. The van der Waals surface area contributed by atoms with Crippen molar-refractivity contribution >= 4 is 28.6 Å². The first kappa shape index (κ1) is 17.1. The molecule has 1 aliphatic carbocycles. The number of aromatic nitrogens is 5. The number of benzene rings is 2. The van der Waals surface area contributed by atoms with Gasteiger partial charge in [-0.1, -0.05) is 65.3 Å². The Bertz CT molecular complexity index is 1120. The predicted octanol–water partition coefficient (Wildman–Crippen LogP) is 4.55. The molecule has 2 aromatic carbocycles. The van der Waals surface area contributed by atoms with E-state index in [-0.39, 0.29) is 0 Å². The molecule has 0 radical (unpaired) electrons. The summed E-state index contributed by atoms with van der Waals surface area (Å²) < 4.78 is 1.79. The van der Waals surface area contributed by atoms with Gasteiger partial charge in [-0.15, -0.1) is 5.10 Å². The monoisotopic (exact) mass is 390 g/mol. The van der Waals surface area contributed by atoms with Gasteiger partial charge in [0.1, 0.15) is 0 Å². The van der Waals surface area contributed by atoms with Crippen molar-refractivity contribution < 1.29 is 0 Å². The van der Waals surface area contributed by atoms with Crippen LogP contribution >= 0.6 is 11.6 Å².